The minimum Gasteiger partial charge on any atom is -0.459 e. The van der Waals surface area contributed by atoms with Gasteiger partial charge in [0.2, 0.25) is 0 Å². The van der Waals surface area contributed by atoms with Gasteiger partial charge in [0.1, 0.15) is 38.5 Å². The summed E-state index contributed by atoms with van der Waals surface area (Å²) < 4.78 is 21.1. The first kappa shape index (κ1) is 38.5. The molecule has 2 atom stereocenters. The number of nitrogens with zero attached hydrogens (tertiary/aromatic N) is 2. The van der Waals surface area contributed by atoms with Crippen LogP contribution in [0, 0.1) is 11.8 Å². The molecule has 4 rings (SSSR count). The lowest BCUT2D eigenvalue weighted by molar-refractivity contribution is -0.149. The molecule has 2 amide bonds. The summed E-state index contributed by atoms with van der Waals surface area (Å²) in [6.45, 7) is 6.07. The van der Waals surface area contributed by atoms with E-state index in [1.54, 1.807) is 52.0 Å². The third-order valence-electron chi connectivity index (χ3n) is 7.53. The largest absolute Gasteiger partial charge is 0.459 e. The average molecular weight is 717 g/mol. The number of hydrogen-bond acceptors (Lipinski definition) is 12. The lowest BCUT2D eigenvalue weighted by atomic mass is 10.0. The second-order valence-corrected chi connectivity index (χ2v) is 12.1. The fourth-order valence-corrected chi connectivity index (χ4v) is 4.71. The molecule has 0 unspecified atom stereocenters. The number of imidazole rings is 2. The van der Waals surface area contributed by atoms with Crippen molar-refractivity contribution in [3.05, 3.63) is 107 Å². The van der Waals surface area contributed by atoms with Crippen LogP contribution in [0.2, 0.25) is 0 Å². The van der Waals surface area contributed by atoms with Crippen molar-refractivity contribution in [1.82, 2.24) is 30.6 Å². The number of carbonyl (C=O) groups excluding carboxylic acids is 6. The zero-order valence-corrected chi connectivity index (χ0v) is 29.0. The summed E-state index contributed by atoms with van der Waals surface area (Å²) in [5.41, 5.74) is 0.325. The second-order valence-electron chi connectivity index (χ2n) is 12.1. The molecule has 2 aromatic heterocycles. The molecule has 4 N–H and O–H groups in total. The van der Waals surface area contributed by atoms with Gasteiger partial charge in [0.15, 0.2) is 22.8 Å². The van der Waals surface area contributed by atoms with Crippen molar-refractivity contribution in [2.45, 2.75) is 53.0 Å². The Morgan fingerprint density at radius 1 is 0.577 bits per heavy atom. The Labute approximate surface area is 299 Å². The fraction of sp³-hybridized carbons (Fsp3) is 0.333. The van der Waals surface area contributed by atoms with E-state index in [1.165, 1.54) is 0 Å². The van der Waals surface area contributed by atoms with Crippen LogP contribution in [-0.2, 0) is 41.8 Å². The van der Waals surface area contributed by atoms with Gasteiger partial charge in [-0.15, -0.1) is 0 Å². The summed E-state index contributed by atoms with van der Waals surface area (Å²) in [7, 11) is 0. The maximum atomic E-state index is 13.0. The zero-order chi connectivity index (χ0) is 37.6. The van der Waals surface area contributed by atoms with E-state index in [0.29, 0.717) is 0 Å². The van der Waals surface area contributed by atoms with Gasteiger partial charge >= 0.3 is 23.9 Å². The highest BCUT2D eigenvalue weighted by molar-refractivity contribution is 6.04. The number of aromatic nitrogens is 4. The highest BCUT2D eigenvalue weighted by Gasteiger charge is 2.31. The number of amides is 2. The Bertz CT molecular complexity index is 1700. The quantitative estimate of drug-likeness (QED) is 0.0703. The molecule has 52 heavy (non-hydrogen) atoms. The summed E-state index contributed by atoms with van der Waals surface area (Å²) >= 11 is 0. The van der Waals surface area contributed by atoms with Gasteiger partial charge in [-0.3, -0.25) is 9.59 Å². The highest BCUT2D eigenvalue weighted by Crippen LogP contribution is 2.13. The average Bonchev–Trinajstić information content (AvgIpc) is 3.84. The SMILES string of the molecule is CC(C)[C@H](NC(=O)c1nc[nH]c1C(=O)OCCOC(=O)c1[nH]cnc1C(=O)N[C@H](C(=O)OCc1ccccc1)C(C)C)C(=O)OCc1ccccc1. The van der Waals surface area contributed by atoms with Crippen molar-refractivity contribution in [2.75, 3.05) is 13.2 Å². The first-order valence-electron chi connectivity index (χ1n) is 16.4. The lowest BCUT2D eigenvalue weighted by Crippen LogP contribution is -2.45. The van der Waals surface area contributed by atoms with E-state index in [2.05, 4.69) is 30.6 Å². The maximum Gasteiger partial charge on any atom is 0.357 e. The number of esters is 4. The van der Waals surface area contributed by atoms with Gasteiger partial charge in [0.25, 0.3) is 11.8 Å². The van der Waals surface area contributed by atoms with Crippen LogP contribution in [0.3, 0.4) is 0 Å². The predicted octanol–water partition coefficient (Wildman–Crippen LogP) is 3.14. The molecular formula is C36H40N6O10. The van der Waals surface area contributed by atoms with E-state index in [1.807, 2.05) is 36.4 Å². The molecule has 0 spiro atoms. The molecule has 0 fully saturated rings. The minimum absolute atomic E-state index is 0.0167. The number of carbonyl (C=O) groups is 6. The first-order valence-corrected chi connectivity index (χ1v) is 16.4. The second kappa shape index (κ2) is 18.6. The van der Waals surface area contributed by atoms with Crippen molar-refractivity contribution < 1.29 is 47.7 Å². The summed E-state index contributed by atoms with van der Waals surface area (Å²) in [6.07, 6.45) is 2.22. The number of benzene rings is 2. The van der Waals surface area contributed by atoms with Gasteiger partial charge in [-0.2, -0.15) is 0 Å². The highest BCUT2D eigenvalue weighted by atomic mass is 16.6. The van der Waals surface area contributed by atoms with Gasteiger partial charge in [-0.25, -0.2) is 29.1 Å². The predicted molar refractivity (Wildman–Crippen MR) is 182 cm³/mol. The fourth-order valence-electron chi connectivity index (χ4n) is 4.71. The van der Waals surface area contributed by atoms with E-state index in [9.17, 15) is 28.8 Å². The third-order valence-corrected chi connectivity index (χ3v) is 7.53. The van der Waals surface area contributed by atoms with Gasteiger partial charge < -0.3 is 39.5 Å². The number of H-pyrrole nitrogens is 2. The topological polar surface area (TPSA) is 221 Å². The number of rotatable bonds is 17. The minimum atomic E-state index is -1.03. The van der Waals surface area contributed by atoms with E-state index < -0.39 is 61.0 Å². The monoisotopic (exact) mass is 716 g/mol. The number of nitrogens with one attached hydrogen (secondary N) is 4. The van der Waals surface area contributed by atoms with Gasteiger partial charge in [-0.05, 0) is 23.0 Å². The Kier molecular flexibility index (Phi) is 13.8. The number of aromatic amines is 2. The lowest BCUT2D eigenvalue weighted by Gasteiger charge is -2.20. The molecule has 274 valence electrons. The van der Waals surface area contributed by atoms with Crippen molar-refractivity contribution in [3.63, 3.8) is 0 Å². The van der Waals surface area contributed by atoms with E-state index >= 15 is 0 Å². The van der Waals surface area contributed by atoms with E-state index in [4.69, 9.17) is 18.9 Å². The van der Waals surface area contributed by atoms with Crippen LogP contribution in [0.4, 0.5) is 0 Å². The summed E-state index contributed by atoms with van der Waals surface area (Å²) in [5, 5.41) is 5.12. The molecule has 2 heterocycles. The van der Waals surface area contributed by atoms with Gasteiger partial charge in [0, 0.05) is 0 Å². The maximum absolute atomic E-state index is 13.0. The number of hydrogen-bond donors (Lipinski definition) is 4. The van der Waals surface area contributed by atoms with Crippen LogP contribution in [0.25, 0.3) is 0 Å². The summed E-state index contributed by atoms with van der Waals surface area (Å²) in [4.78, 5) is 90.1. The van der Waals surface area contributed by atoms with E-state index in [-0.39, 0.29) is 47.8 Å². The molecule has 0 saturated heterocycles. The van der Waals surface area contributed by atoms with Crippen molar-refractivity contribution in [3.8, 4) is 0 Å². The molecule has 2 aromatic carbocycles. The zero-order valence-electron chi connectivity index (χ0n) is 29.0. The Morgan fingerprint density at radius 3 is 1.29 bits per heavy atom. The Hall–Kier alpha value is -6.32. The molecule has 4 aromatic rings. The molecule has 0 aliphatic rings. The molecule has 0 aliphatic heterocycles. The molecule has 0 aliphatic carbocycles. The van der Waals surface area contributed by atoms with Crippen molar-refractivity contribution >= 4 is 35.7 Å². The van der Waals surface area contributed by atoms with Crippen molar-refractivity contribution in [2.24, 2.45) is 11.8 Å². The normalized spacial score (nSPS) is 12.0. The van der Waals surface area contributed by atoms with Crippen molar-refractivity contribution in [1.29, 1.82) is 0 Å². The smallest absolute Gasteiger partial charge is 0.357 e. The van der Waals surface area contributed by atoms with Crippen LogP contribution >= 0.6 is 0 Å². The Morgan fingerprint density at radius 2 is 0.942 bits per heavy atom. The number of ether oxygens (including phenoxy) is 4. The molecular weight excluding hydrogens is 676 g/mol. The summed E-state index contributed by atoms with van der Waals surface area (Å²) in [6, 6.07) is 16.0. The van der Waals surface area contributed by atoms with Crippen LogP contribution in [0.1, 0.15) is 80.8 Å². The van der Waals surface area contributed by atoms with Crippen LogP contribution in [0.5, 0.6) is 0 Å². The summed E-state index contributed by atoms with van der Waals surface area (Å²) in [5.74, 6) is -5.61. The van der Waals surface area contributed by atoms with Crippen LogP contribution in [0.15, 0.2) is 73.3 Å². The van der Waals surface area contributed by atoms with Gasteiger partial charge in [0.05, 0.1) is 12.7 Å². The van der Waals surface area contributed by atoms with Crippen LogP contribution < -0.4 is 10.6 Å². The van der Waals surface area contributed by atoms with E-state index in [0.717, 1.165) is 23.8 Å². The molecule has 0 saturated carbocycles. The molecule has 16 heteroatoms. The molecule has 0 radical (unpaired) electrons. The first-order chi connectivity index (χ1) is 25.0. The van der Waals surface area contributed by atoms with Crippen LogP contribution in [-0.4, -0.2) is 80.9 Å². The molecule has 0 bridgehead atoms. The Balaban J connectivity index is 1.26. The standard InChI is InChI=1S/C36H40N6O10/c1-21(2)25(33(45)51-17-23-11-7-5-8-12-23)41-31(43)27-29(39-19-37-27)35(47)49-15-16-50-36(48)30-28(38-20-40-30)32(44)42-26(22(3)4)34(46)52-18-24-13-9-6-10-14-24/h5-14,19-22,25-26H,15-18H2,1-4H3,(H,37,39)(H,38,40)(H,41,43)(H,42,44)/t25-,26-/m0/s1. The molecule has 16 nitrogen and oxygen atoms in total. The van der Waals surface area contributed by atoms with Gasteiger partial charge in [-0.1, -0.05) is 88.4 Å². The third kappa shape index (κ3) is 10.6.